The lowest BCUT2D eigenvalue weighted by atomic mass is 10.2. The molecule has 0 atom stereocenters. The van der Waals surface area contributed by atoms with Crippen LogP contribution in [-0.4, -0.2) is 22.5 Å². The van der Waals surface area contributed by atoms with Crippen molar-refractivity contribution < 1.29 is 14.8 Å². The highest BCUT2D eigenvalue weighted by Crippen LogP contribution is 2.26. The minimum atomic E-state index is -0.838. The number of carboxylic acids is 1. The number of nitro benzene ring substituents is 1. The molecular formula is C10H11BrN2O4. The molecule has 6 nitrogen and oxygen atoms in total. The van der Waals surface area contributed by atoms with E-state index in [4.69, 9.17) is 5.11 Å². The summed E-state index contributed by atoms with van der Waals surface area (Å²) in [6.45, 7) is 0.503. The molecule has 17 heavy (non-hydrogen) atoms. The number of hydrogen-bond donors (Lipinski definition) is 2. The van der Waals surface area contributed by atoms with Gasteiger partial charge in [0.15, 0.2) is 0 Å². The molecule has 0 bridgehead atoms. The molecule has 0 spiro atoms. The van der Waals surface area contributed by atoms with Gasteiger partial charge in [-0.2, -0.15) is 0 Å². The fraction of sp³-hybridized carbons (Fsp3) is 0.300. The molecule has 0 saturated carbocycles. The molecule has 0 heterocycles. The molecule has 1 rings (SSSR count). The quantitative estimate of drug-likeness (QED) is 0.479. The van der Waals surface area contributed by atoms with Crippen LogP contribution >= 0.6 is 15.9 Å². The van der Waals surface area contributed by atoms with Gasteiger partial charge in [0, 0.05) is 35.3 Å². The van der Waals surface area contributed by atoms with E-state index in [0.29, 0.717) is 23.1 Å². The average Bonchev–Trinajstić information content (AvgIpc) is 2.25. The number of nitrogens with one attached hydrogen (secondary N) is 1. The Morgan fingerprint density at radius 1 is 1.53 bits per heavy atom. The van der Waals surface area contributed by atoms with Gasteiger partial charge in [-0.25, -0.2) is 0 Å². The van der Waals surface area contributed by atoms with Gasteiger partial charge in [-0.05, 0) is 28.4 Å². The van der Waals surface area contributed by atoms with Gasteiger partial charge in [-0.3, -0.25) is 14.9 Å². The smallest absolute Gasteiger partial charge is 0.303 e. The van der Waals surface area contributed by atoms with E-state index < -0.39 is 10.9 Å². The van der Waals surface area contributed by atoms with Crippen molar-refractivity contribution >= 4 is 33.3 Å². The summed E-state index contributed by atoms with van der Waals surface area (Å²) in [6.07, 6.45) is 0.594. The summed E-state index contributed by atoms with van der Waals surface area (Å²) < 4.78 is 0.585. The molecule has 0 amide bonds. The number of nitrogens with zero attached hydrogens (tertiary/aromatic N) is 1. The Bertz CT molecular complexity index is 436. The van der Waals surface area contributed by atoms with Crippen molar-refractivity contribution in [2.45, 2.75) is 12.8 Å². The molecule has 0 saturated heterocycles. The van der Waals surface area contributed by atoms with Gasteiger partial charge in [-0.15, -0.1) is 0 Å². The zero-order valence-corrected chi connectivity index (χ0v) is 10.4. The summed E-state index contributed by atoms with van der Waals surface area (Å²) in [7, 11) is 0. The Balaban J connectivity index is 2.54. The van der Waals surface area contributed by atoms with Gasteiger partial charge in [0.05, 0.1) is 4.92 Å². The van der Waals surface area contributed by atoms with Crippen LogP contribution in [0.4, 0.5) is 11.4 Å². The van der Waals surface area contributed by atoms with Crippen molar-refractivity contribution in [3.05, 3.63) is 32.8 Å². The molecule has 0 aliphatic carbocycles. The van der Waals surface area contributed by atoms with Crippen molar-refractivity contribution in [3.8, 4) is 0 Å². The minimum Gasteiger partial charge on any atom is -0.481 e. The average molecular weight is 303 g/mol. The third-order valence-electron chi connectivity index (χ3n) is 2.05. The highest BCUT2D eigenvalue weighted by molar-refractivity contribution is 9.10. The van der Waals surface area contributed by atoms with E-state index in [9.17, 15) is 14.9 Å². The molecule has 1 aromatic rings. The molecule has 0 radical (unpaired) electrons. The van der Waals surface area contributed by atoms with E-state index >= 15 is 0 Å². The number of benzene rings is 1. The number of carboxylic acid groups (broad SMARTS) is 1. The van der Waals surface area contributed by atoms with E-state index in [1.165, 1.54) is 12.1 Å². The first kappa shape index (κ1) is 13.4. The second kappa shape index (κ2) is 6.19. The molecule has 7 heteroatoms. The minimum absolute atomic E-state index is 0.00737. The Labute approximate surface area is 106 Å². The summed E-state index contributed by atoms with van der Waals surface area (Å²) in [5.74, 6) is -0.838. The molecule has 92 valence electrons. The Hall–Kier alpha value is -1.63. The predicted octanol–water partition coefficient (Wildman–Crippen LogP) is 2.63. The second-order valence-corrected chi connectivity index (χ2v) is 4.20. The lowest BCUT2D eigenvalue weighted by Gasteiger charge is -2.07. The highest BCUT2D eigenvalue weighted by Gasteiger charge is 2.08. The highest BCUT2D eigenvalue weighted by atomic mass is 79.9. The van der Waals surface area contributed by atoms with E-state index in [-0.39, 0.29) is 12.1 Å². The van der Waals surface area contributed by atoms with Crippen LogP contribution in [0.25, 0.3) is 0 Å². The number of carbonyl (C=O) groups is 1. The van der Waals surface area contributed by atoms with Crippen LogP contribution in [0.15, 0.2) is 22.7 Å². The number of nitro groups is 1. The van der Waals surface area contributed by atoms with Crippen molar-refractivity contribution in [3.63, 3.8) is 0 Å². The van der Waals surface area contributed by atoms with Crippen LogP contribution in [0.1, 0.15) is 12.8 Å². The maximum Gasteiger partial charge on any atom is 0.303 e. The van der Waals surface area contributed by atoms with E-state index in [1.54, 1.807) is 6.07 Å². The monoisotopic (exact) mass is 302 g/mol. The van der Waals surface area contributed by atoms with Crippen LogP contribution < -0.4 is 5.32 Å². The zero-order chi connectivity index (χ0) is 12.8. The molecule has 2 N–H and O–H groups in total. The molecule has 0 aliphatic rings. The van der Waals surface area contributed by atoms with Gasteiger partial charge in [-0.1, -0.05) is 0 Å². The third-order valence-corrected chi connectivity index (χ3v) is 2.70. The molecule has 0 aliphatic heterocycles. The first-order chi connectivity index (χ1) is 8.00. The molecule has 1 aromatic carbocycles. The summed E-state index contributed by atoms with van der Waals surface area (Å²) in [6, 6.07) is 4.38. The van der Waals surface area contributed by atoms with Crippen molar-refractivity contribution in [1.82, 2.24) is 0 Å². The largest absolute Gasteiger partial charge is 0.481 e. The topological polar surface area (TPSA) is 92.5 Å². The first-order valence-corrected chi connectivity index (χ1v) is 5.69. The maximum atomic E-state index is 10.5. The van der Waals surface area contributed by atoms with E-state index in [2.05, 4.69) is 21.2 Å². The predicted molar refractivity (Wildman–Crippen MR) is 66.2 cm³/mol. The van der Waals surface area contributed by atoms with Gasteiger partial charge >= 0.3 is 5.97 Å². The van der Waals surface area contributed by atoms with Crippen LogP contribution in [0.2, 0.25) is 0 Å². The van der Waals surface area contributed by atoms with Crippen LogP contribution in [0.3, 0.4) is 0 Å². The Kier molecular flexibility index (Phi) is 4.89. The lowest BCUT2D eigenvalue weighted by molar-refractivity contribution is -0.384. The Morgan fingerprint density at radius 3 is 2.76 bits per heavy atom. The normalized spacial score (nSPS) is 9.94. The zero-order valence-electron chi connectivity index (χ0n) is 8.85. The van der Waals surface area contributed by atoms with Crippen LogP contribution in [-0.2, 0) is 4.79 Å². The fourth-order valence-corrected chi connectivity index (χ4v) is 1.73. The number of non-ortho nitro benzene ring substituents is 1. The van der Waals surface area contributed by atoms with E-state index in [1.807, 2.05) is 0 Å². The van der Waals surface area contributed by atoms with Crippen molar-refractivity contribution in [1.29, 1.82) is 0 Å². The lowest BCUT2D eigenvalue weighted by Crippen LogP contribution is -2.05. The van der Waals surface area contributed by atoms with Crippen LogP contribution in [0, 0.1) is 10.1 Å². The third kappa shape index (κ3) is 4.39. The standard InChI is InChI=1S/C10H11BrN2O4/c11-8-6-7(13(16)17)3-4-9(8)12-5-1-2-10(14)15/h3-4,6,12H,1-2,5H2,(H,14,15). The molecule has 0 aromatic heterocycles. The number of hydrogen-bond acceptors (Lipinski definition) is 4. The van der Waals surface area contributed by atoms with Gasteiger partial charge < -0.3 is 10.4 Å². The number of anilines is 1. The van der Waals surface area contributed by atoms with Gasteiger partial charge in [0.2, 0.25) is 0 Å². The number of halogens is 1. The van der Waals surface area contributed by atoms with Gasteiger partial charge in [0.1, 0.15) is 0 Å². The van der Waals surface area contributed by atoms with Gasteiger partial charge in [0.25, 0.3) is 5.69 Å². The molecular weight excluding hydrogens is 292 g/mol. The van der Waals surface area contributed by atoms with Crippen LogP contribution in [0.5, 0.6) is 0 Å². The SMILES string of the molecule is O=C(O)CCCNc1ccc([N+](=O)[O-])cc1Br. The van der Waals surface area contributed by atoms with Crippen molar-refractivity contribution in [2.75, 3.05) is 11.9 Å². The summed E-state index contributed by atoms with van der Waals surface area (Å²) in [5.41, 5.74) is 0.717. The summed E-state index contributed by atoms with van der Waals surface area (Å²) in [4.78, 5) is 20.3. The van der Waals surface area contributed by atoms with Crippen molar-refractivity contribution in [2.24, 2.45) is 0 Å². The fourth-order valence-electron chi connectivity index (χ4n) is 1.22. The van der Waals surface area contributed by atoms with E-state index in [0.717, 1.165) is 0 Å². The number of aliphatic carboxylic acids is 1. The molecule has 0 fully saturated rings. The molecule has 0 unspecified atom stereocenters. The first-order valence-electron chi connectivity index (χ1n) is 4.90. The number of rotatable bonds is 6. The maximum absolute atomic E-state index is 10.5. The summed E-state index contributed by atoms with van der Waals surface area (Å²) >= 11 is 3.21. The Morgan fingerprint density at radius 2 is 2.24 bits per heavy atom. The summed E-state index contributed by atoms with van der Waals surface area (Å²) in [5, 5.41) is 22.0. The second-order valence-electron chi connectivity index (χ2n) is 3.35.